The van der Waals surface area contributed by atoms with Crippen LogP contribution >= 0.6 is 0 Å². The molecular weight excluding hydrogens is 494 g/mol. The molecule has 40 heavy (non-hydrogen) atoms. The summed E-state index contributed by atoms with van der Waals surface area (Å²) in [7, 11) is 0. The fraction of sp³-hybridized carbons (Fsp3) is 0.639. The van der Waals surface area contributed by atoms with E-state index in [1.165, 1.54) is 22.4 Å². The van der Waals surface area contributed by atoms with Gasteiger partial charge in [0.25, 0.3) is 0 Å². The zero-order valence-corrected chi connectivity index (χ0v) is 25.3. The number of aliphatic hydroxyl groups is 2. The van der Waals surface area contributed by atoms with Crippen molar-refractivity contribution < 1.29 is 15.0 Å². The number of fused-ring (bicyclic) bond motifs is 4. The van der Waals surface area contributed by atoms with Crippen molar-refractivity contribution in [2.45, 2.75) is 110 Å². The quantitative estimate of drug-likeness (QED) is 0.396. The van der Waals surface area contributed by atoms with Crippen LogP contribution in [0.5, 0.6) is 0 Å². The third-order valence-corrected chi connectivity index (χ3v) is 10.6. The maximum absolute atomic E-state index is 12.2. The average molecular weight is 544 g/mol. The lowest BCUT2D eigenvalue weighted by molar-refractivity contribution is -0.114. The van der Waals surface area contributed by atoms with Crippen molar-refractivity contribution in [2.24, 2.45) is 22.7 Å². The first-order chi connectivity index (χ1) is 18.8. The number of ketones is 1. The number of allylic oxidation sites excluding steroid dienone is 4. The maximum atomic E-state index is 12.2. The minimum absolute atomic E-state index is 0.0256. The zero-order chi connectivity index (χ0) is 28.9. The number of anilines is 1. The second kappa shape index (κ2) is 10.8. The molecule has 1 aromatic rings. The molecule has 0 radical (unpaired) electrons. The third kappa shape index (κ3) is 5.70. The highest BCUT2D eigenvalue weighted by molar-refractivity contribution is 5.93. The summed E-state index contributed by atoms with van der Waals surface area (Å²) in [4.78, 5) is 14.6. The molecule has 6 rings (SSSR count). The van der Waals surface area contributed by atoms with Crippen LogP contribution in [0.2, 0.25) is 0 Å². The van der Waals surface area contributed by atoms with E-state index in [1.807, 2.05) is 33.8 Å². The highest BCUT2D eigenvalue weighted by atomic mass is 16.3. The van der Waals surface area contributed by atoms with E-state index in [9.17, 15) is 15.0 Å². The van der Waals surface area contributed by atoms with Crippen LogP contribution in [-0.2, 0) is 4.79 Å². The Hall–Kier alpha value is -2.35. The molecule has 0 amide bonds. The van der Waals surface area contributed by atoms with Crippen LogP contribution in [-0.4, -0.2) is 40.8 Å². The van der Waals surface area contributed by atoms with Gasteiger partial charge in [-0.15, -0.1) is 12.3 Å². The van der Waals surface area contributed by atoms with Crippen molar-refractivity contribution >= 4 is 11.5 Å². The Kier molecular flexibility index (Phi) is 7.88. The molecule has 1 aliphatic heterocycles. The van der Waals surface area contributed by atoms with E-state index in [0.717, 1.165) is 64.5 Å². The first-order valence-corrected chi connectivity index (χ1v) is 15.5. The first kappa shape index (κ1) is 29.2. The molecule has 0 aromatic heterocycles. The van der Waals surface area contributed by atoms with Gasteiger partial charge in [-0.2, -0.15) is 0 Å². The monoisotopic (exact) mass is 543 g/mol. The van der Waals surface area contributed by atoms with Gasteiger partial charge in [0.15, 0.2) is 5.78 Å². The highest BCUT2D eigenvalue weighted by Crippen LogP contribution is 2.63. The van der Waals surface area contributed by atoms with Gasteiger partial charge in [-0.05, 0) is 131 Å². The maximum Gasteiger partial charge on any atom is 0.156 e. The van der Waals surface area contributed by atoms with E-state index < -0.39 is 5.60 Å². The number of benzene rings is 1. The first-order valence-electron chi connectivity index (χ1n) is 15.5. The Bertz CT molecular complexity index is 1210. The number of carbonyl (C=O) groups excluding carboxylic acids is 1. The number of hydrogen-bond donors (Lipinski definition) is 2. The van der Waals surface area contributed by atoms with Gasteiger partial charge < -0.3 is 15.1 Å². The summed E-state index contributed by atoms with van der Waals surface area (Å²) in [6.07, 6.45) is 15.1. The lowest BCUT2D eigenvalue weighted by Gasteiger charge is -2.52. The molecule has 5 aliphatic rings. The molecule has 216 valence electrons. The van der Waals surface area contributed by atoms with Crippen molar-refractivity contribution in [1.29, 1.82) is 0 Å². The van der Waals surface area contributed by atoms with Crippen LogP contribution in [0.15, 0.2) is 47.1 Å². The highest BCUT2D eigenvalue weighted by Gasteiger charge is 2.56. The summed E-state index contributed by atoms with van der Waals surface area (Å²) in [5.41, 5.74) is 6.48. The average Bonchev–Trinajstić information content (AvgIpc) is 3.22. The van der Waals surface area contributed by atoms with E-state index in [2.05, 4.69) is 42.0 Å². The number of piperidine rings is 1. The van der Waals surface area contributed by atoms with Crippen LogP contribution in [0.25, 0.3) is 0 Å². The molecule has 0 bridgehead atoms. The molecule has 3 fully saturated rings. The van der Waals surface area contributed by atoms with E-state index in [4.69, 9.17) is 6.42 Å². The Morgan fingerprint density at radius 3 is 2.27 bits per heavy atom. The number of nitrogens with zero attached hydrogens (tertiary/aromatic N) is 1. The second-order valence-corrected chi connectivity index (χ2v) is 14.6. The number of rotatable bonds is 2. The Balaban J connectivity index is 0.000000487. The lowest BCUT2D eigenvalue weighted by Crippen LogP contribution is -2.45. The van der Waals surface area contributed by atoms with Crippen molar-refractivity contribution in [2.75, 3.05) is 18.0 Å². The zero-order valence-electron chi connectivity index (χ0n) is 25.3. The smallest absolute Gasteiger partial charge is 0.156 e. The summed E-state index contributed by atoms with van der Waals surface area (Å²) in [6.45, 7) is 12.1. The van der Waals surface area contributed by atoms with Gasteiger partial charge in [-0.3, -0.25) is 4.79 Å². The van der Waals surface area contributed by atoms with Crippen molar-refractivity contribution in [3.05, 3.63) is 52.6 Å². The van der Waals surface area contributed by atoms with Crippen molar-refractivity contribution in [3.63, 3.8) is 0 Å². The van der Waals surface area contributed by atoms with Crippen LogP contribution in [0.4, 0.5) is 5.69 Å². The summed E-state index contributed by atoms with van der Waals surface area (Å²) in [5, 5.41) is 21.4. The molecule has 2 N–H and O–H groups in total. The van der Waals surface area contributed by atoms with E-state index in [1.54, 1.807) is 5.57 Å². The fourth-order valence-electron chi connectivity index (χ4n) is 8.10. The minimum Gasteiger partial charge on any atom is -0.393 e. The Morgan fingerprint density at radius 1 is 1.00 bits per heavy atom. The minimum atomic E-state index is -0.539. The summed E-state index contributed by atoms with van der Waals surface area (Å²) >= 11 is 0. The predicted molar refractivity (Wildman–Crippen MR) is 163 cm³/mol. The molecule has 4 nitrogen and oxygen atoms in total. The normalized spacial score (nSPS) is 33.1. The molecule has 5 atom stereocenters. The molecule has 5 unspecified atom stereocenters. The third-order valence-electron chi connectivity index (χ3n) is 10.6. The molecule has 4 aliphatic carbocycles. The van der Waals surface area contributed by atoms with Gasteiger partial charge in [0.2, 0.25) is 0 Å². The SMILES string of the molecule is C#CC(C)(C)C.CC1(O)CCN(c2ccc(C3CC4(C)C(O)CCC4C4CCC5=CC(=O)CCC5=C34)cc2)CC1. The number of terminal acetylenes is 1. The number of carbonyl (C=O) groups is 1. The summed E-state index contributed by atoms with van der Waals surface area (Å²) in [6, 6.07) is 9.15. The van der Waals surface area contributed by atoms with Gasteiger partial charge in [-0.25, -0.2) is 0 Å². The van der Waals surface area contributed by atoms with E-state index in [0.29, 0.717) is 24.2 Å². The Morgan fingerprint density at radius 2 is 1.65 bits per heavy atom. The fourth-order valence-corrected chi connectivity index (χ4v) is 8.10. The van der Waals surface area contributed by atoms with Gasteiger partial charge in [-0.1, -0.05) is 24.6 Å². The summed E-state index contributed by atoms with van der Waals surface area (Å²) < 4.78 is 0. The van der Waals surface area contributed by atoms with Crippen LogP contribution < -0.4 is 4.90 Å². The van der Waals surface area contributed by atoms with E-state index >= 15 is 0 Å². The molecular formula is C36H49NO3. The van der Waals surface area contributed by atoms with Crippen LogP contribution in [0, 0.1) is 35.0 Å². The predicted octanol–water partition coefficient (Wildman–Crippen LogP) is 6.96. The second-order valence-electron chi connectivity index (χ2n) is 14.6. The van der Waals surface area contributed by atoms with Gasteiger partial charge >= 0.3 is 0 Å². The largest absolute Gasteiger partial charge is 0.393 e. The standard InChI is InChI=1S/C30H39NO3.C6H10/c1-29(34)13-15-31(16-14-29)21-6-3-19(4-7-21)25-18-30(2)26(11-12-27(30)33)24-9-5-20-17-22(32)8-10-23(20)28(24)25;1-5-6(2,3)4/h3-4,6-7,17,24-27,33-34H,5,8-16,18H2,1-2H3;1H,2-4H3. The summed E-state index contributed by atoms with van der Waals surface area (Å²) in [5.74, 6) is 4.30. The molecule has 1 aromatic carbocycles. The lowest BCUT2D eigenvalue weighted by atomic mass is 9.53. The van der Waals surface area contributed by atoms with E-state index in [-0.39, 0.29) is 22.7 Å². The molecule has 4 heteroatoms. The van der Waals surface area contributed by atoms with Gasteiger partial charge in [0.05, 0.1) is 11.7 Å². The number of hydrogen-bond acceptors (Lipinski definition) is 4. The van der Waals surface area contributed by atoms with Crippen molar-refractivity contribution in [3.8, 4) is 12.3 Å². The molecule has 0 spiro atoms. The van der Waals surface area contributed by atoms with Crippen LogP contribution in [0.3, 0.4) is 0 Å². The Labute approximate surface area is 241 Å². The topological polar surface area (TPSA) is 60.8 Å². The van der Waals surface area contributed by atoms with Gasteiger partial charge in [0, 0.05) is 36.5 Å². The molecule has 2 saturated carbocycles. The van der Waals surface area contributed by atoms with Gasteiger partial charge in [0.1, 0.15) is 0 Å². The van der Waals surface area contributed by atoms with Crippen molar-refractivity contribution in [1.82, 2.24) is 0 Å². The number of aliphatic hydroxyl groups excluding tert-OH is 1. The molecule has 1 heterocycles. The van der Waals surface area contributed by atoms with Crippen LogP contribution in [0.1, 0.15) is 104 Å². The molecule has 1 saturated heterocycles.